The minimum Gasteiger partial charge on any atom is -0.350 e. The Kier molecular flexibility index (Phi) is 16.4. The zero-order chi connectivity index (χ0) is 34.0. The Bertz CT molecular complexity index is 848. The summed E-state index contributed by atoms with van der Waals surface area (Å²) in [6.45, 7) is 20.8. The van der Waals surface area contributed by atoms with Crippen molar-refractivity contribution >= 4 is 0 Å². The quantitative estimate of drug-likeness (QED) is 0.301. The van der Waals surface area contributed by atoms with Crippen molar-refractivity contribution in [2.75, 3.05) is 33.9 Å². The summed E-state index contributed by atoms with van der Waals surface area (Å²) in [6, 6.07) is 0. The largest absolute Gasteiger partial charge is 0.350 e. The van der Waals surface area contributed by atoms with Gasteiger partial charge in [0, 0.05) is 25.3 Å². The molecule has 1 saturated heterocycles. The van der Waals surface area contributed by atoms with Gasteiger partial charge in [-0.15, -0.1) is 0 Å². The van der Waals surface area contributed by atoms with Crippen molar-refractivity contribution in [3.05, 3.63) is 0 Å². The lowest BCUT2D eigenvalue weighted by atomic mass is 9.65. The minimum absolute atomic E-state index is 0.336. The molecule has 0 bridgehead atoms. The Morgan fingerprint density at radius 2 is 1.04 bits per heavy atom. The molecule has 4 fully saturated rings. The van der Waals surface area contributed by atoms with E-state index >= 15 is 0 Å². The molecule has 0 amide bonds. The van der Waals surface area contributed by atoms with Gasteiger partial charge in [-0.2, -0.15) is 0 Å². The molecule has 4 aliphatic rings. The third-order valence-corrected chi connectivity index (χ3v) is 14.6. The van der Waals surface area contributed by atoms with Crippen LogP contribution in [0.5, 0.6) is 0 Å². The van der Waals surface area contributed by atoms with E-state index in [1.54, 1.807) is 0 Å². The van der Waals surface area contributed by atoms with E-state index in [2.05, 4.69) is 67.5 Å². The van der Waals surface area contributed by atoms with E-state index < -0.39 is 0 Å². The lowest BCUT2D eigenvalue weighted by Crippen LogP contribution is -2.47. The van der Waals surface area contributed by atoms with Crippen LogP contribution in [0.3, 0.4) is 0 Å². The molecule has 10 atom stereocenters. The van der Waals surface area contributed by atoms with Crippen molar-refractivity contribution in [1.82, 2.24) is 4.90 Å². The summed E-state index contributed by atoms with van der Waals surface area (Å²) in [5.74, 6) is 9.90. The van der Waals surface area contributed by atoms with Crippen LogP contribution in [-0.4, -0.2) is 44.5 Å². The fraction of sp³-hybridized carbons (Fsp3) is 1.00. The standard InChI is InChI=1S/C44H83NO2/c1-32(2)41-23-20-36(6)43-24-21-37(7)42-22-19-34(4)26-28-44(46-30-38(31-47-44)29-45(8)9)27-25-33(3)13-10-15-39(42)17-12-18-40(43)16-11-14-35(41)5/h32-43H,10-31H2,1-9H3. The SMILES string of the molecule is CC1CCCC2CCCC3CCCC(C)C(C(C)C)CCC(C)C3CCC(C)C2CCC(C)CCC2(CC1)OCC(CN(C)C)CO2. The molecule has 47 heavy (non-hydrogen) atoms. The molecule has 1 heterocycles. The zero-order valence-electron chi connectivity index (χ0n) is 33.2. The number of rotatable bonds is 3. The van der Waals surface area contributed by atoms with Crippen LogP contribution in [0.15, 0.2) is 0 Å². The molecular weight excluding hydrogens is 574 g/mol. The number of ether oxygens (including phenoxy) is 2. The molecule has 0 aromatic carbocycles. The summed E-state index contributed by atoms with van der Waals surface area (Å²) >= 11 is 0. The van der Waals surface area contributed by atoms with Crippen molar-refractivity contribution in [2.24, 2.45) is 71.0 Å². The number of hydrogen-bond donors (Lipinski definition) is 0. The predicted molar refractivity (Wildman–Crippen MR) is 203 cm³/mol. The molecule has 0 N–H and O–H groups in total. The van der Waals surface area contributed by atoms with Gasteiger partial charge in [-0.1, -0.05) is 126 Å². The summed E-state index contributed by atoms with van der Waals surface area (Å²) < 4.78 is 13.4. The lowest BCUT2D eigenvalue weighted by molar-refractivity contribution is -0.292. The van der Waals surface area contributed by atoms with Gasteiger partial charge in [0.25, 0.3) is 0 Å². The van der Waals surface area contributed by atoms with E-state index in [-0.39, 0.29) is 5.79 Å². The molecule has 0 aromatic heterocycles. The van der Waals surface area contributed by atoms with E-state index in [0.717, 1.165) is 97.7 Å². The monoisotopic (exact) mass is 658 g/mol. The van der Waals surface area contributed by atoms with Gasteiger partial charge in [0.15, 0.2) is 5.79 Å². The molecule has 3 nitrogen and oxygen atoms in total. The maximum absolute atomic E-state index is 6.69. The van der Waals surface area contributed by atoms with E-state index in [1.807, 2.05) is 0 Å². The number of hydrogen-bond acceptors (Lipinski definition) is 3. The Labute approximate surface area is 294 Å². The third-order valence-electron chi connectivity index (χ3n) is 14.6. The first kappa shape index (κ1) is 39.7. The molecular formula is C44H83NO2. The Morgan fingerprint density at radius 3 is 1.60 bits per heavy atom. The summed E-state index contributed by atoms with van der Waals surface area (Å²) in [4.78, 5) is 2.28. The van der Waals surface area contributed by atoms with E-state index in [1.165, 1.54) is 109 Å². The summed E-state index contributed by atoms with van der Waals surface area (Å²) in [5, 5.41) is 0. The zero-order valence-corrected chi connectivity index (χ0v) is 33.2. The van der Waals surface area contributed by atoms with Crippen LogP contribution in [0, 0.1) is 71.0 Å². The second-order valence-electron chi connectivity index (χ2n) is 19.2. The molecule has 1 aliphatic heterocycles. The van der Waals surface area contributed by atoms with Gasteiger partial charge < -0.3 is 14.4 Å². The highest BCUT2D eigenvalue weighted by Crippen LogP contribution is 2.46. The van der Waals surface area contributed by atoms with Crippen LogP contribution in [0.4, 0.5) is 0 Å². The van der Waals surface area contributed by atoms with Gasteiger partial charge in [0.05, 0.1) is 13.2 Å². The maximum atomic E-state index is 6.69. The number of nitrogens with zero attached hydrogens (tertiary/aromatic N) is 1. The second kappa shape index (κ2) is 19.5. The van der Waals surface area contributed by atoms with E-state index in [4.69, 9.17) is 9.47 Å². The highest BCUT2D eigenvalue weighted by atomic mass is 16.7. The van der Waals surface area contributed by atoms with Crippen molar-refractivity contribution in [3.8, 4) is 0 Å². The molecule has 3 heteroatoms. The first-order chi connectivity index (χ1) is 22.5. The third kappa shape index (κ3) is 12.3. The summed E-state index contributed by atoms with van der Waals surface area (Å²) in [6.07, 6.45) is 26.6. The van der Waals surface area contributed by atoms with Crippen molar-refractivity contribution in [2.45, 2.75) is 176 Å². The average molecular weight is 658 g/mol. The van der Waals surface area contributed by atoms with Crippen LogP contribution in [0.1, 0.15) is 170 Å². The van der Waals surface area contributed by atoms with Crippen LogP contribution >= 0.6 is 0 Å². The topological polar surface area (TPSA) is 21.7 Å². The van der Waals surface area contributed by atoms with E-state index in [0.29, 0.717) is 5.92 Å². The lowest BCUT2D eigenvalue weighted by Gasteiger charge is -2.42. The first-order valence-corrected chi connectivity index (χ1v) is 21.4. The van der Waals surface area contributed by atoms with Crippen LogP contribution in [-0.2, 0) is 9.47 Å². The molecule has 4 rings (SSSR count). The van der Waals surface area contributed by atoms with Gasteiger partial charge in [-0.25, -0.2) is 0 Å². The van der Waals surface area contributed by atoms with Crippen LogP contribution in [0.25, 0.3) is 0 Å². The van der Waals surface area contributed by atoms with Crippen molar-refractivity contribution in [1.29, 1.82) is 0 Å². The predicted octanol–water partition coefficient (Wildman–Crippen LogP) is 12.3. The highest BCUT2D eigenvalue weighted by molar-refractivity contribution is 4.86. The van der Waals surface area contributed by atoms with Crippen LogP contribution in [0.2, 0.25) is 0 Å². The van der Waals surface area contributed by atoms with Gasteiger partial charge in [0.2, 0.25) is 0 Å². The van der Waals surface area contributed by atoms with Crippen molar-refractivity contribution < 1.29 is 9.47 Å². The highest BCUT2D eigenvalue weighted by Gasteiger charge is 2.39. The van der Waals surface area contributed by atoms with E-state index in [9.17, 15) is 0 Å². The Hall–Kier alpha value is -0.120. The smallest absolute Gasteiger partial charge is 0.168 e. The van der Waals surface area contributed by atoms with Gasteiger partial charge >= 0.3 is 0 Å². The molecule has 3 aliphatic carbocycles. The molecule has 10 unspecified atom stereocenters. The Balaban J connectivity index is 1.42. The second-order valence-corrected chi connectivity index (χ2v) is 19.2. The molecule has 276 valence electrons. The summed E-state index contributed by atoms with van der Waals surface area (Å²) in [7, 11) is 4.33. The Morgan fingerprint density at radius 1 is 0.553 bits per heavy atom. The molecule has 3 saturated carbocycles. The molecule has 0 aromatic rings. The maximum Gasteiger partial charge on any atom is 0.168 e. The minimum atomic E-state index is -0.336. The first-order valence-electron chi connectivity index (χ1n) is 21.4. The van der Waals surface area contributed by atoms with Gasteiger partial charge in [0.1, 0.15) is 0 Å². The fourth-order valence-electron chi connectivity index (χ4n) is 11.4. The van der Waals surface area contributed by atoms with Gasteiger partial charge in [-0.3, -0.25) is 0 Å². The van der Waals surface area contributed by atoms with Gasteiger partial charge in [-0.05, 0) is 111 Å². The fourth-order valence-corrected chi connectivity index (χ4v) is 11.4. The number of fused-ring (bicyclic) bond motifs is 2. The van der Waals surface area contributed by atoms with Crippen LogP contribution < -0.4 is 0 Å². The molecule has 1 spiro atoms. The molecule has 0 radical (unpaired) electrons. The summed E-state index contributed by atoms with van der Waals surface area (Å²) in [5.41, 5.74) is 0. The average Bonchev–Trinajstić information content (AvgIpc) is 3.02. The van der Waals surface area contributed by atoms with Crippen molar-refractivity contribution in [3.63, 3.8) is 0 Å². The normalized spacial score (nSPS) is 43.1.